The lowest BCUT2D eigenvalue weighted by molar-refractivity contribution is 0.215. The Hall–Kier alpha value is -2.93. The summed E-state index contributed by atoms with van der Waals surface area (Å²) >= 11 is 1.45. The van der Waals surface area contributed by atoms with Crippen LogP contribution in [-0.4, -0.2) is 46.5 Å². The maximum absolute atomic E-state index is 12.7. The minimum atomic E-state index is -0.0385. The number of nitrogens with one attached hydrogen (secondary N) is 1. The summed E-state index contributed by atoms with van der Waals surface area (Å²) in [7, 11) is 0. The van der Waals surface area contributed by atoms with E-state index in [1.54, 1.807) is 0 Å². The van der Waals surface area contributed by atoms with E-state index in [9.17, 15) is 4.79 Å². The molecule has 0 spiro atoms. The van der Waals surface area contributed by atoms with Crippen LogP contribution in [0.1, 0.15) is 35.9 Å². The lowest BCUT2D eigenvalue weighted by Crippen LogP contribution is -2.38. The predicted octanol–water partition coefficient (Wildman–Crippen LogP) is 4.74. The van der Waals surface area contributed by atoms with Gasteiger partial charge in [0.1, 0.15) is 5.82 Å². The number of anilines is 2. The van der Waals surface area contributed by atoms with Crippen LogP contribution in [0, 0.1) is 6.92 Å². The van der Waals surface area contributed by atoms with Gasteiger partial charge in [-0.05, 0) is 43.0 Å². The Labute approximate surface area is 188 Å². The Morgan fingerprint density at radius 3 is 2.48 bits per heavy atom. The number of urea groups is 1. The van der Waals surface area contributed by atoms with Crippen molar-refractivity contribution < 1.29 is 4.79 Å². The molecule has 162 valence electrons. The number of rotatable bonds is 5. The summed E-state index contributed by atoms with van der Waals surface area (Å²) in [6, 6.07) is 16.5. The third-order valence-corrected chi connectivity index (χ3v) is 6.42. The zero-order chi connectivity index (χ0) is 21.6. The number of carbonyl (C=O) groups excluding carboxylic acids is 1. The minimum absolute atomic E-state index is 0.0385. The minimum Gasteiger partial charge on any atom is -0.345 e. The average Bonchev–Trinajstić information content (AvgIpc) is 3.10. The van der Waals surface area contributed by atoms with E-state index in [0.29, 0.717) is 6.54 Å². The van der Waals surface area contributed by atoms with Crippen LogP contribution in [-0.2, 0) is 12.8 Å². The van der Waals surface area contributed by atoms with Gasteiger partial charge in [0, 0.05) is 49.8 Å². The highest BCUT2D eigenvalue weighted by Crippen LogP contribution is 2.21. The normalized spacial score (nSPS) is 14.4. The molecule has 7 heteroatoms. The van der Waals surface area contributed by atoms with Crippen molar-refractivity contribution in [3.8, 4) is 0 Å². The smallest absolute Gasteiger partial charge is 0.321 e. The molecule has 2 amide bonds. The van der Waals surface area contributed by atoms with Gasteiger partial charge in [-0.3, -0.25) is 0 Å². The van der Waals surface area contributed by atoms with Gasteiger partial charge >= 0.3 is 6.03 Å². The molecule has 1 saturated heterocycles. The first kappa shape index (κ1) is 21.3. The van der Waals surface area contributed by atoms with E-state index in [4.69, 9.17) is 4.98 Å². The van der Waals surface area contributed by atoms with Crippen LogP contribution in [0.3, 0.4) is 0 Å². The molecular weight excluding hydrogens is 406 g/mol. The third kappa shape index (κ3) is 5.61. The number of carbonyl (C=O) groups is 1. The molecule has 1 N–H and O–H groups in total. The monoisotopic (exact) mass is 435 g/mol. The molecule has 31 heavy (non-hydrogen) atoms. The second kappa shape index (κ2) is 9.92. The van der Waals surface area contributed by atoms with Gasteiger partial charge in [0.15, 0.2) is 0 Å². The summed E-state index contributed by atoms with van der Waals surface area (Å²) in [5, 5.41) is 3.97. The first-order valence-electron chi connectivity index (χ1n) is 10.9. The summed E-state index contributed by atoms with van der Waals surface area (Å²) in [5.74, 6) is 0.859. The Kier molecular flexibility index (Phi) is 6.82. The second-order valence-corrected chi connectivity index (χ2v) is 8.69. The highest BCUT2D eigenvalue weighted by molar-refractivity contribution is 7.09. The Morgan fingerprint density at radius 2 is 1.74 bits per heavy atom. The summed E-state index contributed by atoms with van der Waals surface area (Å²) in [6.07, 6.45) is 2.65. The number of aromatic nitrogens is 2. The largest absolute Gasteiger partial charge is 0.345 e. The van der Waals surface area contributed by atoms with Crippen LogP contribution in [0.2, 0.25) is 0 Å². The van der Waals surface area contributed by atoms with Gasteiger partial charge in [-0.15, -0.1) is 0 Å². The quantitative estimate of drug-likeness (QED) is 0.629. The molecule has 1 aliphatic heterocycles. The van der Waals surface area contributed by atoms with Crippen LogP contribution in [0.25, 0.3) is 0 Å². The summed E-state index contributed by atoms with van der Waals surface area (Å²) < 4.78 is 4.56. The van der Waals surface area contributed by atoms with Gasteiger partial charge in [-0.2, -0.15) is 4.37 Å². The number of benzene rings is 2. The molecule has 0 bridgehead atoms. The van der Waals surface area contributed by atoms with E-state index in [1.165, 1.54) is 28.2 Å². The molecule has 4 rings (SSSR count). The average molecular weight is 436 g/mol. The predicted molar refractivity (Wildman–Crippen MR) is 127 cm³/mol. The van der Waals surface area contributed by atoms with Crippen molar-refractivity contribution in [1.29, 1.82) is 0 Å². The van der Waals surface area contributed by atoms with Crippen molar-refractivity contribution in [3.63, 3.8) is 0 Å². The standard InChI is InChI=1S/C24H29N5OS/c1-3-19-9-11-21(12-10-19)25-23(30)28-13-4-14-29(16-15-28)24-26-22(27-31-24)17-20-7-5-18(2)6-8-20/h5-12H,3-4,13-17H2,1-2H3,(H,25,30). The molecule has 0 atom stereocenters. The van der Waals surface area contributed by atoms with E-state index in [1.807, 2.05) is 17.0 Å². The van der Waals surface area contributed by atoms with E-state index in [0.717, 1.165) is 55.5 Å². The molecule has 1 fully saturated rings. The molecule has 2 heterocycles. The first-order valence-corrected chi connectivity index (χ1v) is 11.7. The molecule has 2 aromatic carbocycles. The number of hydrogen-bond donors (Lipinski definition) is 1. The first-order chi connectivity index (χ1) is 15.1. The topological polar surface area (TPSA) is 61.4 Å². The van der Waals surface area contributed by atoms with Gasteiger partial charge in [-0.25, -0.2) is 9.78 Å². The van der Waals surface area contributed by atoms with E-state index >= 15 is 0 Å². The van der Waals surface area contributed by atoms with Gasteiger partial charge in [0.05, 0.1) is 0 Å². The van der Waals surface area contributed by atoms with E-state index in [2.05, 4.69) is 64.8 Å². The summed E-state index contributed by atoms with van der Waals surface area (Å²) in [4.78, 5) is 21.6. The molecule has 0 radical (unpaired) electrons. The van der Waals surface area contributed by atoms with Crippen molar-refractivity contribution in [1.82, 2.24) is 14.3 Å². The lowest BCUT2D eigenvalue weighted by Gasteiger charge is -2.22. The number of aryl methyl sites for hydroxylation is 2. The van der Waals surface area contributed by atoms with Crippen molar-refractivity contribution in [2.45, 2.75) is 33.1 Å². The zero-order valence-electron chi connectivity index (χ0n) is 18.2. The fourth-order valence-electron chi connectivity index (χ4n) is 3.67. The molecular formula is C24H29N5OS. The third-order valence-electron chi connectivity index (χ3n) is 5.61. The highest BCUT2D eigenvalue weighted by Gasteiger charge is 2.21. The maximum Gasteiger partial charge on any atom is 0.321 e. The lowest BCUT2D eigenvalue weighted by atomic mass is 10.1. The van der Waals surface area contributed by atoms with Gasteiger partial charge in [0.2, 0.25) is 5.13 Å². The van der Waals surface area contributed by atoms with Gasteiger partial charge in [0.25, 0.3) is 0 Å². The van der Waals surface area contributed by atoms with Crippen LogP contribution >= 0.6 is 11.5 Å². The highest BCUT2D eigenvalue weighted by atomic mass is 32.1. The number of amides is 2. The van der Waals surface area contributed by atoms with Crippen LogP contribution < -0.4 is 10.2 Å². The number of nitrogens with zero attached hydrogens (tertiary/aromatic N) is 4. The van der Waals surface area contributed by atoms with E-state index < -0.39 is 0 Å². The molecule has 0 saturated carbocycles. The van der Waals surface area contributed by atoms with Crippen molar-refractivity contribution >= 4 is 28.4 Å². The fraction of sp³-hybridized carbons (Fsp3) is 0.375. The summed E-state index contributed by atoms with van der Waals surface area (Å²) in [5.41, 5.74) is 4.59. The SMILES string of the molecule is CCc1ccc(NC(=O)N2CCCN(c3nc(Cc4ccc(C)cc4)ns3)CC2)cc1. The van der Waals surface area contributed by atoms with Crippen molar-refractivity contribution in [2.24, 2.45) is 0 Å². The number of hydrogen-bond acceptors (Lipinski definition) is 5. The Bertz CT molecular complexity index is 1000. The zero-order valence-corrected chi connectivity index (χ0v) is 19.0. The van der Waals surface area contributed by atoms with Crippen molar-refractivity contribution in [2.75, 3.05) is 36.4 Å². The molecule has 0 aliphatic carbocycles. The van der Waals surface area contributed by atoms with E-state index in [-0.39, 0.29) is 6.03 Å². The molecule has 6 nitrogen and oxygen atoms in total. The van der Waals surface area contributed by atoms with Gasteiger partial charge in [-0.1, -0.05) is 48.9 Å². The fourth-order valence-corrected chi connectivity index (χ4v) is 4.41. The molecule has 1 aliphatic rings. The molecule has 0 unspecified atom stereocenters. The Balaban J connectivity index is 1.32. The van der Waals surface area contributed by atoms with Crippen LogP contribution in [0.15, 0.2) is 48.5 Å². The van der Waals surface area contributed by atoms with Gasteiger partial charge < -0.3 is 15.1 Å². The summed E-state index contributed by atoms with van der Waals surface area (Å²) in [6.45, 7) is 7.28. The molecule has 1 aromatic heterocycles. The van der Waals surface area contributed by atoms with Crippen LogP contribution in [0.4, 0.5) is 15.6 Å². The van der Waals surface area contributed by atoms with Crippen molar-refractivity contribution in [3.05, 3.63) is 71.0 Å². The second-order valence-electron chi connectivity index (χ2n) is 7.96. The maximum atomic E-state index is 12.7. The van der Waals surface area contributed by atoms with Crippen LogP contribution in [0.5, 0.6) is 0 Å². The molecule has 3 aromatic rings. The Morgan fingerprint density at radius 1 is 1.00 bits per heavy atom.